The van der Waals surface area contributed by atoms with Crippen molar-refractivity contribution in [1.82, 2.24) is 10.3 Å². The molecule has 1 amide bonds. The zero-order valence-electron chi connectivity index (χ0n) is 15.9. The Morgan fingerprint density at radius 3 is 2.64 bits per heavy atom. The Labute approximate surface area is 164 Å². The molecule has 1 saturated heterocycles. The van der Waals surface area contributed by atoms with E-state index in [1.54, 1.807) is 13.3 Å². The molecule has 0 radical (unpaired) electrons. The number of benzene rings is 2. The van der Waals surface area contributed by atoms with Gasteiger partial charge in [-0.2, -0.15) is 0 Å². The molecule has 0 bridgehead atoms. The lowest BCUT2D eigenvalue weighted by molar-refractivity contribution is 0.0950. The van der Waals surface area contributed by atoms with Crippen molar-refractivity contribution in [3.63, 3.8) is 0 Å². The van der Waals surface area contributed by atoms with E-state index in [0.717, 1.165) is 41.0 Å². The van der Waals surface area contributed by atoms with E-state index in [4.69, 9.17) is 9.47 Å². The lowest BCUT2D eigenvalue weighted by atomic mass is 10.1. The van der Waals surface area contributed by atoms with E-state index in [0.29, 0.717) is 25.3 Å². The molecule has 4 rings (SSSR count). The van der Waals surface area contributed by atoms with Gasteiger partial charge in [0.05, 0.1) is 25.9 Å². The van der Waals surface area contributed by atoms with E-state index in [-0.39, 0.29) is 5.91 Å². The van der Waals surface area contributed by atoms with Gasteiger partial charge in [0, 0.05) is 25.8 Å². The number of nitrogens with one attached hydrogen (secondary N) is 1. The third-order valence-corrected chi connectivity index (χ3v) is 4.91. The number of morpholine rings is 1. The largest absolute Gasteiger partial charge is 0.497 e. The van der Waals surface area contributed by atoms with Crippen LogP contribution in [0.25, 0.3) is 10.8 Å². The topological polar surface area (TPSA) is 63.7 Å². The fourth-order valence-electron chi connectivity index (χ4n) is 3.29. The third-order valence-electron chi connectivity index (χ3n) is 4.91. The van der Waals surface area contributed by atoms with Crippen molar-refractivity contribution in [2.75, 3.05) is 38.3 Å². The van der Waals surface area contributed by atoms with Crippen LogP contribution < -0.4 is 15.0 Å². The quantitative estimate of drug-likeness (QED) is 0.741. The van der Waals surface area contributed by atoms with E-state index in [9.17, 15) is 4.79 Å². The molecular weight excluding hydrogens is 354 g/mol. The second-order valence-electron chi connectivity index (χ2n) is 6.73. The number of aromatic nitrogens is 1. The Bertz CT molecular complexity index is 966. The number of rotatable bonds is 5. The van der Waals surface area contributed by atoms with Crippen LogP contribution in [0.3, 0.4) is 0 Å². The summed E-state index contributed by atoms with van der Waals surface area (Å²) in [4.78, 5) is 19.0. The highest BCUT2D eigenvalue weighted by atomic mass is 16.5. The number of hydrogen-bond acceptors (Lipinski definition) is 5. The van der Waals surface area contributed by atoms with Gasteiger partial charge in [0.2, 0.25) is 0 Å². The molecule has 0 spiro atoms. The fourth-order valence-corrected chi connectivity index (χ4v) is 3.29. The zero-order chi connectivity index (χ0) is 19.3. The van der Waals surface area contributed by atoms with Gasteiger partial charge in [-0.25, -0.2) is 4.98 Å². The van der Waals surface area contributed by atoms with Gasteiger partial charge in [-0.05, 0) is 46.7 Å². The third kappa shape index (κ3) is 4.07. The van der Waals surface area contributed by atoms with Gasteiger partial charge in [-0.15, -0.1) is 0 Å². The predicted molar refractivity (Wildman–Crippen MR) is 109 cm³/mol. The van der Waals surface area contributed by atoms with Crippen molar-refractivity contribution in [2.24, 2.45) is 0 Å². The molecule has 0 saturated carbocycles. The van der Waals surface area contributed by atoms with Gasteiger partial charge in [0.15, 0.2) is 0 Å². The molecule has 1 aromatic heterocycles. The van der Waals surface area contributed by atoms with Crippen molar-refractivity contribution in [2.45, 2.75) is 6.54 Å². The van der Waals surface area contributed by atoms with Crippen molar-refractivity contribution in [3.05, 3.63) is 65.9 Å². The number of nitrogens with zero attached hydrogens (tertiary/aromatic N) is 2. The van der Waals surface area contributed by atoms with Crippen molar-refractivity contribution >= 4 is 22.5 Å². The van der Waals surface area contributed by atoms with Gasteiger partial charge in [0.1, 0.15) is 11.6 Å². The Balaban J connectivity index is 1.39. The molecule has 1 N–H and O–H groups in total. The van der Waals surface area contributed by atoms with Crippen LogP contribution >= 0.6 is 0 Å². The maximum atomic E-state index is 12.5. The van der Waals surface area contributed by atoms with E-state index in [2.05, 4.69) is 21.3 Å². The standard InChI is InChI=1S/C22H23N3O3/c1-27-20-6-4-17-12-16(2-3-18(17)13-20)14-24-22(26)19-5-7-21(23-15-19)25-8-10-28-11-9-25/h2-7,12-13,15H,8-11,14H2,1H3,(H,24,26). The second kappa shape index (κ2) is 8.27. The highest BCUT2D eigenvalue weighted by Gasteiger charge is 2.13. The number of anilines is 1. The summed E-state index contributed by atoms with van der Waals surface area (Å²) < 4.78 is 10.6. The van der Waals surface area contributed by atoms with Gasteiger partial charge < -0.3 is 19.7 Å². The maximum absolute atomic E-state index is 12.5. The van der Waals surface area contributed by atoms with Crippen molar-refractivity contribution in [3.8, 4) is 5.75 Å². The normalized spacial score (nSPS) is 14.1. The van der Waals surface area contributed by atoms with Crippen LogP contribution in [-0.4, -0.2) is 44.3 Å². The van der Waals surface area contributed by atoms with Crippen LogP contribution in [0.4, 0.5) is 5.82 Å². The first-order valence-electron chi connectivity index (χ1n) is 9.36. The number of pyridine rings is 1. The molecule has 6 heteroatoms. The molecule has 1 fully saturated rings. The van der Waals surface area contributed by atoms with Crippen LogP contribution in [0.1, 0.15) is 15.9 Å². The molecule has 2 aromatic carbocycles. The molecule has 144 valence electrons. The van der Waals surface area contributed by atoms with Gasteiger partial charge >= 0.3 is 0 Å². The van der Waals surface area contributed by atoms with Gasteiger partial charge in [-0.1, -0.05) is 18.2 Å². The molecule has 0 atom stereocenters. The number of hydrogen-bond donors (Lipinski definition) is 1. The molecular formula is C22H23N3O3. The minimum Gasteiger partial charge on any atom is -0.497 e. The average Bonchev–Trinajstić information content (AvgIpc) is 2.77. The Kier molecular flexibility index (Phi) is 5.39. The van der Waals surface area contributed by atoms with Crippen LogP contribution in [0.5, 0.6) is 5.75 Å². The number of amides is 1. The summed E-state index contributed by atoms with van der Waals surface area (Å²) >= 11 is 0. The summed E-state index contributed by atoms with van der Waals surface area (Å²) in [5, 5.41) is 5.19. The SMILES string of the molecule is COc1ccc2cc(CNC(=O)c3ccc(N4CCOCC4)nc3)ccc2c1. The summed E-state index contributed by atoms with van der Waals surface area (Å²) in [7, 11) is 1.66. The highest BCUT2D eigenvalue weighted by Crippen LogP contribution is 2.22. The van der Waals surface area contributed by atoms with Crippen molar-refractivity contribution < 1.29 is 14.3 Å². The summed E-state index contributed by atoms with van der Waals surface area (Å²) in [5.41, 5.74) is 1.60. The average molecular weight is 377 g/mol. The van der Waals surface area contributed by atoms with Gasteiger partial charge in [0.25, 0.3) is 5.91 Å². The maximum Gasteiger partial charge on any atom is 0.253 e. The lowest BCUT2D eigenvalue weighted by Gasteiger charge is -2.27. The first-order chi connectivity index (χ1) is 13.7. The molecule has 3 aromatic rings. The van der Waals surface area contributed by atoms with E-state index < -0.39 is 0 Å². The van der Waals surface area contributed by atoms with Crippen molar-refractivity contribution in [1.29, 1.82) is 0 Å². The summed E-state index contributed by atoms with van der Waals surface area (Å²) in [5.74, 6) is 1.59. The van der Waals surface area contributed by atoms with E-state index in [1.165, 1.54) is 0 Å². The van der Waals surface area contributed by atoms with Crippen LogP contribution in [0.2, 0.25) is 0 Å². The lowest BCUT2D eigenvalue weighted by Crippen LogP contribution is -2.36. The number of methoxy groups -OCH3 is 1. The van der Waals surface area contributed by atoms with Crippen LogP contribution in [-0.2, 0) is 11.3 Å². The molecule has 0 aliphatic carbocycles. The molecule has 0 unspecified atom stereocenters. The van der Waals surface area contributed by atoms with Crippen LogP contribution in [0, 0.1) is 0 Å². The minimum absolute atomic E-state index is 0.129. The minimum atomic E-state index is -0.129. The van der Waals surface area contributed by atoms with Gasteiger partial charge in [-0.3, -0.25) is 4.79 Å². The summed E-state index contributed by atoms with van der Waals surface area (Å²) in [6.07, 6.45) is 1.63. The van der Waals surface area contributed by atoms with E-state index in [1.807, 2.05) is 42.5 Å². The Morgan fingerprint density at radius 2 is 1.89 bits per heavy atom. The zero-order valence-corrected chi connectivity index (χ0v) is 15.9. The Morgan fingerprint density at radius 1 is 1.11 bits per heavy atom. The number of carbonyl (C=O) groups is 1. The molecule has 1 aliphatic rings. The Hall–Kier alpha value is -3.12. The summed E-state index contributed by atoms with van der Waals surface area (Å²) in [6, 6.07) is 15.8. The molecule has 2 heterocycles. The van der Waals surface area contributed by atoms with E-state index >= 15 is 0 Å². The molecule has 6 nitrogen and oxygen atoms in total. The van der Waals surface area contributed by atoms with Crippen LogP contribution in [0.15, 0.2) is 54.7 Å². The second-order valence-corrected chi connectivity index (χ2v) is 6.73. The number of carbonyl (C=O) groups excluding carboxylic acids is 1. The predicted octanol–water partition coefficient (Wildman–Crippen LogP) is 3.01. The molecule has 1 aliphatic heterocycles. The smallest absolute Gasteiger partial charge is 0.253 e. The highest BCUT2D eigenvalue weighted by molar-refractivity contribution is 5.94. The monoisotopic (exact) mass is 377 g/mol. The first kappa shape index (κ1) is 18.3. The first-order valence-corrected chi connectivity index (χ1v) is 9.36. The fraction of sp³-hybridized carbons (Fsp3) is 0.273. The number of fused-ring (bicyclic) bond motifs is 1. The molecule has 28 heavy (non-hydrogen) atoms. The number of ether oxygens (including phenoxy) is 2. The summed E-state index contributed by atoms with van der Waals surface area (Å²) in [6.45, 7) is 3.54.